The fraction of sp³-hybridized carbons (Fsp3) is 0.941. The number of guanidine groups is 1. The highest BCUT2D eigenvalue weighted by Crippen LogP contribution is 2.21. The van der Waals surface area contributed by atoms with E-state index in [1.165, 1.54) is 4.31 Å². The first-order chi connectivity index (χ1) is 11.6. The molecule has 1 saturated heterocycles. The van der Waals surface area contributed by atoms with E-state index in [4.69, 9.17) is 4.74 Å². The van der Waals surface area contributed by atoms with Crippen molar-refractivity contribution in [3.8, 4) is 0 Å². The van der Waals surface area contributed by atoms with E-state index in [1.54, 1.807) is 0 Å². The maximum Gasteiger partial charge on any atom is 0.216 e. The molecule has 8 heteroatoms. The molecular weight excluding hydrogens is 340 g/mol. The average molecular weight is 377 g/mol. The molecule has 0 aromatic heterocycles. The molecule has 0 radical (unpaired) electrons. The van der Waals surface area contributed by atoms with Crippen LogP contribution in [0.4, 0.5) is 0 Å². The van der Waals surface area contributed by atoms with Gasteiger partial charge in [0.2, 0.25) is 10.0 Å². The van der Waals surface area contributed by atoms with Crippen LogP contribution in [0.1, 0.15) is 47.5 Å². The van der Waals surface area contributed by atoms with Crippen molar-refractivity contribution in [2.75, 3.05) is 45.1 Å². The van der Waals surface area contributed by atoms with Gasteiger partial charge in [-0.2, -0.15) is 4.31 Å². The summed E-state index contributed by atoms with van der Waals surface area (Å²) in [6.45, 7) is 13.6. The van der Waals surface area contributed by atoms with Gasteiger partial charge < -0.3 is 15.4 Å². The van der Waals surface area contributed by atoms with Crippen molar-refractivity contribution in [2.45, 2.75) is 53.5 Å². The third kappa shape index (κ3) is 9.42. The largest absolute Gasteiger partial charge is 0.379 e. The Labute approximate surface area is 153 Å². The molecule has 1 fully saturated rings. The highest BCUT2D eigenvalue weighted by Gasteiger charge is 2.23. The van der Waals surface area contributed by atoms with Crippen LogP contribution < -0.4 is 10.6 Å². The number of nitrogens with one attached hydrogen (secondary N) is 2. The summed E-state index contributed by atoms with van der Waals surface area (Å²) in [5, 5.41) is 6.55. The molecule has 0 bridgehead atoms. The minimum atomic E-state index is -3.26. The molecule has 0 spiro atoms. The Balaban J connectivity index is 2.51. The zero-order valence-corrected chi connectivity index (χ0v) is 17.3. The van der Waals surface area contributed by atoms with Crippen LogP contribution >= 0.6 is 0 Å². The summed E-state index contributed by atoms with van der Waals surface area (Å²) >= 11 is 0. The molecule has 0 aromatic carbocycles. The summed E-state index contributed by atoms with van der Waals surface area (Å²) < 4.78 is 31.3. The molecule has 0 amide bonds. The van der Waals surface area contributed by atoms with Gasteiger partial charge in [-0.1, -0.05) is 20.8 Å². The van der Waals surface area contributed by atoms with Gasteiger partial charge in [0.1, 0.15) is 0 Å². The Morgan fingerprint density at radius 1 is 1.28 bits per heavy atom. The summed E-state index contributed by atoms with van der Waals surface area (Å²) in [6.07, 6.45) is 2.16. The SMILES string of the molecule is CCNC(=NCCS(=O)(=O)N1CCOCC1)NC(C)CCC(C)(C)C. The van der Waals surface area contributed by atoms with Crippen LogP contribution in [0.3, 0.4) is 0 Å². The first-order valence-electron chi connectivity index (χ1n) is 9.24. The first-order valence-corrected chi connectivity index (χ1v) is 10.9. The first kappa shape index (κ1) is 22.2. The van der Waals surface area contributed by atoms with Gasteiger partial charge in [-0.25, -0.2) is 8.42 Å². The number of aliphatic imine (C=N–C) groups is 1. The lowest BCUT2D eigenvalue weighted by Gasteiger charge is -2.26. The van der Waals surface area contributed by atoms with E-state index in [9.17, 15) is 8.42 Å². The van der Waals surface area contributed by atoms with Crippen LogP contribution in [0, 0.1) is 5.41 Å². The van der Waals surface area contributed by atoms with Crippen molar-refractivity contribution in [1.82, 2.24) is 14.9 Å². The molecule has 1 rings (SSSR count). The quantitative estimate of drug-likeness (QED) is 0.494. The molecular formula is C17H36N4O3S. The van der Waals surface area contributed by atoms with Crippen molar-refractivity contribution in [1.29, 1.82) is 0 Å². The molecule has 1 heterocycles. The van der Waals surface area contributed by atoms with Crippen LogP contribution in [-0.2, 0) is 14.8 Å². The maximum atomic E-state index is 12.3. The summed E-state index contributed by atoms with van der Waals surface area (Å²) in [5.41, 5.74) is 0.303. The van der Waals surface area contributed by atoms with Crippen LogP contribution in [0.2, 0.25) is 0 Å². The number of hydrogen-bond acceptors (Lipinski definition) is 4. The van der Waals surface area contributed by atoms with E-state index < -0.39 is 10.0 Å². The van der Waals surface area contributed by atoms with Crippen molar-refractivity contribution >= 4 is 16.0 Å². The molecule has 0 saturated carbocycles. The molecule has 2 N–H and O–H groups in total. The lowest BCUT2D eigenvalue weighted by atomic mass is 9.89. The minimum Gasteiger partial charge on any atom is -0.379 e. The van der Waals surface area contributed by atoms with Crippen LogP contribution in [0.5, 0.6) is 0 Å². The zero-order valence-electron chi connectivity index (χ0n) is 16.5. The summed E-state index contributed by atoms with van der Waals surface area (Å²) in [7, 11) is -3.26. The van der Waals surface area contributed by atoms with Gasteiger partial charge in [0, 0.05) is 25.7 Å². The molecule has 1 unspecified atom stereocenters. The predicted molar refractivity (Wildman–Crippen MR) is 103 cm³/mol. The van der Waals surface area contributed by atoms with Crippen molar-refractivity contribution in [3.63, 3.8) is 0 Å². The highest BCUT2D eigenvalue weighted by molar-refractivity contribution is 7.89. The number of nitrogens with zero attached hydrogens (tertiary/aromatic N) is 2. The minimum absolute atomic E-state index is 0.0277. The molecule has 1 atom stereocenters. The van der Waals surface area contributed by atoms with Crippen molar-refractivity contribution in [3.05, 3.63) is 0 Å². The monoisotopic (exact) mass is 376 g/mol. The van der Waals surface area contributed by atoms with E-state index in [1.807, 2.05) is 6.92 Å². The van der Waals surface area contributed by atoms with Crippen molar-refractivity contribution < 1.29 is 13.2 Å². The molecule has 0 aromatic rings. The zero-order chi connectivity index (χ0) is 18.9. The van der Waals surface area contributed by atoms with Crippen molar-refractivity contribution in [2.24, 2.45) is 10.4 Å². The van der Waals surface area contributed by atoms with Crippen LogP contribution in [0.15, 0.2) is 4.99 Å². The van der Waals surface area contributed by atoms with Gasteiger partial charge in [-0.15, -0.1) is 0 Å². The lowest BCUT2D eigenvalue weighted by molar-refractivity contribution is 0.0731. The molecule has 1 aliphatic rings. The van der Waals surface area contributed by atoms with Gasteiger partial charge in [0.15, 0.2) is 5.96 Å². The van der Waals surface area contributed by atoms with E-state index in [2.05, 4.69) is 43.3 Å². The normalized spacial score (nSPS) is 18.8. The second kappa shape index (κ2) is 10.3. The van der Waals surface area contributed by atoms with E-state index >= 15 is 0 Å². The fourth-order valence-corrected chi connectivity index (χ4v) is 3.79. The molecule has 148 valence electrons. The topological polar surface area (TPSA) is 83.0 Å². The number of hydrogen-bond donors (Lipinski definition) is 2. The number of morpholine rings is 1. The summed E-state index contributed by atoms with van der Waals surface area (Å²) in [4.78, 5) is 4.44. The smallest absolute Gasteiger partial charge is 0.216 e. The maximum absolute atomic E-state index is 12.3. The fourth-order valence-electron chi connectivity index (χ4n) is 2.50. The van der Waals surface area contributed by atoms with Gasteiger partial charge in [-0.3, -0.25) is 4.99 Å². The van der Waals surface area contributed by atoms with E-state index in [0.29, 0.717) is 37.7 Å². The number of rotatable bonds is 8. The van der Waals surface area contributed by atoms with E-state index in [0.717, 1.165) is 19.4 Å². The molecule has 7 nitrogen and oxygen atoms in total. The molecule has 25 heavy (non-hydrogen) atoms. The number of sulfonamides is 1. The Kier molecular flexibility index (Phi) is 9.16. The second-order valence-electron chi connectivity index (χ2n) is 7.73. The predicted octanol–water partition coefficient (Wildman–Crippen LogP) is 1.42. The summed E-state index contributed by atoms with van der Waals surface area (Å²) in [5.74, 6) is 0.709. The average Bonchev–Trinajstić information content (AvgIpc) is 2.53. The Hall–Kier alpha value is -0.860. The van der Waals surface area contributed by atoms with Gasteiger partial charge >= 0.3 is 0 Å². The number of ether oxygens (including phenoxy) is 1. The lowest BCUT2D eigenvalue weighted by Crippen LogP contribution is -2.44. The van der Waals surface area contributed by atoms with Crippen LogP contribution in [-0.4, -0.2) is 69.9 Å². The van der Waals surface area contributed by atoms with Crippen LogP contribution in [0.25, 0.3) is 0 Å². The standard InChI is InChI=1S/C17H36N4O3S/c1-6-18-16(20-15(2)7-8-17(3,4)5)19-9-14-25(22,23)21-10-12-24-13-11-21/h15H,6-14H2,1-5H3,(H2,18,19,20). The second-order valence-corrected chi connectivity index (χ2v) is 9.82. The van der Waals surface area contributed by atoms with Gasteiger partial charge in [0.05, 0.1) is 25.5 Å². The highest BCUT2D eigenvalue weighted by atomic mass is 32.2. The Morgan fingerprint density at radius 2 is 1.92 bits per heavy atom. The Bertz CT molecular complexity index is 508. The van der Waals surface area contributed by atoms with E-state index in [-0.39, 0.29) is 18.3 Å². The molecule has 1 aliphatic heterocycles. The van der Waals surface area contributed by atoms with Gasteiger partial charge in [0.25, 0.3) is 0 Å². The summed E-state index contributed by atoms with van der Waals surface area (Å²) in [6, 6.07) is 0.285. The van der Waals surface area contributed by atoms with Gasteiger partial charge in [-0.05, 0) is 32.1 Å². The third-order valence-electron chi connectivity index (χ3n) is 4.04. The Morgan fingerprint density at radius 3 is 2.48 bits per heavy atom. The molecule has 0 aliphatic carbocycles. The third-order valence-corrected chi connectivity index (χ3v) is 5.89.